The van der Waals surface area contributed by atoms with E-state index in [9.17, 15) is 9.90 Å². The normalized spacial score (nSPS) is 22.5. The van der Waals surface area contributed by atoms with E-state index < -0.39 is 12.1 Å². The average molecular weight is 235 g/mol. The Morgan fingerprint density at radius 1 is 1.41 bits per heavy atom. The summed E-state index contributed by atoms with van der Waals surface area (Å²) in [6.07, 6.45) is 1.20. The molecule has 1 fully saturated rings. The quantitative estimate of drug-likeness (QED) is 0.825. The van der Waals surface area contributed by atoms with Crippen molar-refractivity contribution in [3.05, 3.63) is 35.9 Å². The summed E-state index contributed by atoms with van der Waals surface area (Å²) in [5.74, 6) is -0.836. The van der Waals surface area contributed by atoms with Crippen molar-refractivity contribution in [2.45, 2.75) is 25.0 Å². The van der Waals surface area contributed by atoms with Crippen LogP contribution in [-0.4, -0.2) is 40.2 Å². The van der Waals surface area contributed by atoms with Crippen molar-refractivity contribution >= 4 is 5.97 Å². The largest absolute Gasteiger partial charge is 0.480 e. The van der Waals surface area contributed by atoms with Gasteiger partial charge in [-0.25, -0.2) is 0 Å². The highest BCUT2D eigenvalue weighted by molar-refractivity contribution is 5.69. The number of hydrogen-bond donors (Lipinski definition) is 2. The van der Waals surface area contributed by atoms with Crippen LogP contribution in [0.25, 0.3) is 0 Å². The number of rotatable bonds is 4. The van der Waals surface area contributed by atoms with Crippen LogP contribution < -0.4 is 0 Å². The average Bonchev–Trinajstić information content (AvgIpc) is 2.76. The number of benzene rings is 1. The predicted molar refractivity (Wildman–Crippen MR) is 63.6 cm³/mol. The fraction of sp³-hybridized carbons (Fsp3) is 0.462. The summed E-state index contributed by atoms with van der Waals surface area (Å²) < 4.78 is 0. The van der Waals surface area contributed by atoms with Crippen LogP contribution in [0, 0.1) is 0 Å². The maximum atomic E-state index is 10.7. The Hall–Kier alpha value is -1.39. The fourth-order valence-electron chi connectivity index (χ4n) is 2.45. The van der Waals surface area contributed by atoms with Gasteiger partial charge in [0.2, 0.25) is 0 Å². The van der Waals surface area contributed by atoms with Gasteiger partial charge in [-0.05, 0) is 24.9 Å². The van der Waals surface area contributed by atoms with Gasteiger partial charge >= 0.3 is 5.97 Å². The Balaban J connectivity index is 2.08. The summed E-state index contributed by atoms with van der Waals surface area (Å²) in [4.78, 5) is 12.6. The molecule has 0 aromatic heterocycles. The topological polar surface area (TPSA) is 60.8 Å². The monoisotopic (exact) mass is 235 g/mol. The van der Waals surface area contributed by atoms with E-state index in [-0.39, 0.29) is 12.6 Å². The molecule has 1 aromatic carbocycles. The number of carboxylic acid groups (broad SMARTS) is 1. The summed E-state index contributed by atoms with van der Waals surface area (Å²) in [7, 11) is 0. The number of likely N-dealkylation sites (tertiary alicyclic amines) is 1. The molecule has 1 aliphatic heterocycles. The van der Waals surface area contributed by atoms with E-state index >= 15 is 0 Å². The molecule has 1 saturated heterocycles. The minimum Gasteiger partial charge on any atom is -0.480 e. The zero-order valence-corrected chi connectivity index (χ0v) is 9.62. The Labute approximate surface area is 100 Å². The van der Waals surface area contributed by atoms with E-state index in [1.165, 1.54) is 0 Å². The van der Waals surface area contributed by atoms with Gasteiger partial charge in [-0.3, -0.25) is 9.69 Å². The second-order valence-electron chi connectivity index (χ2n) is 4.43. The van der Waals surface area contributed by atoms with Gasteiger partial charge in [0, 0.05) is 6.04 Å². The molecular formula is C13H17NO3. The van der Waals surface area contributed by atoms with E-state index in [1.807, 2.05) is 35.2 Å². The van der Waals surface area contributed by atoms with E-state index in [1.54, 1.807) is 0 Å². The first kappa shape index (κ1) is 12.1. The zero-order valence-electron chi connectivity index (χ0n) is 9.62. The van der Waals surface area contributed by atoms with Crippen molar-refractivity contribution in [2.75, 3.05) is 13.1 Å². The van der Waals surface area contributed by atoms with Gasteiger partial charge < -0.3 is 10.2 Å². The van der Waals surface area contributed by atoms with Gasteiger partial charge in [0.05, 0.1) is 12.6 Å². The third kappa shape index (κ3) is 2.84. The molecule has 4 heteroatoms. The molecule has 1 heterocycles. The Kier molecular flexibility index (Phi) is 3.76. The molecule has 1 aromatic rings. The van der Waals surface area contributed by atoms with Gasteiger partial charge in [0.15, 0.2) is 0 Å². The number of nitrogens with zero attached hydrogens (tertiary/aromatic N) is 1. The number of hydrogen-bond acceptors (Lipinski definition) is 3. The number of aliphatic hydroxyl groups is 1. The maximum Gasteiger partial charge on any atom is 0.317 e. The van der Waals surface area contributed by atoms with Crippen LogP contribution in [0.5, 0.6) is 0 Å². The molecule has 92 valence electrons. The number of aliphatic carboxylic acids is 1. The van der Waals surface area contributed by atoms with E-state index in [0.717, 1.165) is 24.9 Å². The smallest absolute Gasteiger partial charge is 0.317 e. The summed E-state index contributed by atoms with van der Waals surface area (Å²) >= 11 is 0. The molecule has 2 N–H and O–H groups in total. The minimum atomic E-state index is -0.836. The van der Waals surface area contributed by atoms with Crippen molar-refractivity contribution in [3.8, 4) is 0 Å². The van der Waals surface area contributed by atoms with Crippen molar-refractivity contribution < 1.29 is 15.0 Å². The first-order chi connectivity index (χ1) is 8.18. The Morgan fingerprint density at radius 2 is 2.12 bits per heavy atom. The highest BCUT2D eigenvalue weighted by Gasteiger charge is 2.32. The Morgan fingerprint density at radius 3 is 2.76 bits per heavy atom. The lowest BCUT2D eigenvalue weighted by Gasteiger charge is -2.27. The van der Waals surface area contributed by atoms with Crippen LogP contribution in [0.1, 0.15) is 24.5 Å². The summed E-state index contributed by atoms with van der Waals surface area (Å²) in [6, 6.07) is 9.35. The van der Waals surface area contributed by atoms with Crippen LogP contribution in [0.4, 0.5) is 0 Å². The lowest BCUT2D eigenvalue weighted by atomic mass is 10.0. The van der Waals surface area contributed by atoms with Crippen molar-refractivity contribution in [2.24, 2.45) is 0 Å². The van der Waals surface area contributed by atoms with Crippen LogP contribution in [-0.2, 0) is 4.79 Å². The summed E-state index contributed by atoms with van der Waals surface area (Å²) in [6.45, 7) is 0.759. The summed E-state index contributed by atoms with van der Waals surface area (Å²) in [5.41, 5.74) is 0.856. The molecule has 0 bridgehead atoms. The molecule has 0 unspecified atom stereocenters. The molecule has 2 atom stereocenters. The lowest BCUT2D eigenvalue weighted by molar-refractivity contribution is -0.139. The molecule has 4 nitrogen and oxygen atoms in total. The van der Waals surface area contributed by atoms with Crippen molar-refractivity contribution in [1.82, 2.24) is 4.90 Å². The SMILES string of the molecule is O=C(O)CN1CCC[C@H]1[C@@H](O)c1ccccc1. The summed E-state index contributed by atoms with van der Waals surface area (Å²) in [5, 5.41) is 19.1. The van der Waals surface area contributed by atoms with Gasteiger partial charge in [-0.2, -0.15) is 0 Å². The zero-order chi connectivity index (χ0) is 12.3. The highest BCUT2D eigenvalue weighted by Crippen LogP contribution is 2.28. The van der Waals surface area contributed by atoms with Crippen LogP contribution in [0.3, 0.4) is 0 Å². The highest BCUT2D eigenvalue weighted by atomic mass is 16.4. The first-order valence-electron chi connectivity index (χ1n) is 5.87. The first-order valence-corrected chi connectivity index (χ1v) is 5.87. The van der Waals surface area contributed by atoms with E-state index in [0.29, 0.717) is 0 Å². The van der Waals surface area contributed by atoms with E-state index in [4.69, 9.17) is 5.11 Å². The molecule has 0 saturated carbocycles. The second-order valence-corrected chi connectivity index (χ2v) is 4.43. The number of aliphatic hydroxyl groups excluding tert-OH is 1. The molecule has 1 aliphatic rings. The minimum absolute atomic E-state index is 0.00849. The molecule has 0 aliphatic carbocycles. The van der Waals surface area contributed by atoms with Crippen LogP contribution >= 0.6 is 0 Å². The van der Waals surface area contributed by atoms with Gasteiger partial charge in [-0.1, -0.05) is 30.3 Å². The molecular weight excluding hydrogens is 218 g/mol. The maximum absolute atomic E-state index is 10.7. The fourth-order valence-corrected chi connectivity index (χ4v) is 2.45. The standard InChI is InChI=1S/C13H17NO3/c15-12(16)9-14-8-4-7-11(14)13(17)10-5-2-1-3-6-10/h1-3,5-6,11,13,17H,4,7-9H2,(H,15,16)/t11-,13-/m0/s1. The molecule has 0 spiro atoms. The molecule has 17 heavy (non-hydrogen) atoms. The van der Waals surface area contributed by atoms with Crippen molar-refractivity contribution in [1.29, 1.82) is 0 Å². The van der Waals surface area contributed by atoms with Crippen molar-refractivity contribution in [3.63, 3.8) is 0 Å². The third-order valence-corrected chi connectivity index (χ3v) is 3.26. The number of carboxylic acids is 1. The third-order valence-electron chi connectivity index (χ3n) is 3.26. The molecule has 2 rings (SSSR count). The van der Waals surface area contributed by atoms with Gasteiger partial charge in [-0.15, -0.1) is 0 Å². The number of carbonyl (C=O) groups is 1. The van der Waals surface area contributed by atoms with Crippen LogP contribution in [0.15, 0.2) is 30.3 Å². The van der Waals surface area contributed by atoms with E-state index in [2.05, 4.69) is 0 Å². The van der Waals surface area contributed by atoms with Gasteiger partial charge in [0.1, 0.15) is 0 Å². The predicted octanol–water partition coefficient (Wildman–Crippen LogP) is 1.27. The molecule has 0 radical (unpaired) electrons. The van der Waals surface area contributed by atoms with Crippen LogP contribution in [0.2, 0.25) is 0 Å². The van der Waals surface area contributed by atoms with Gasteiger partial charge in [0.25, 0.3) is 0 Å². The Bertz CT molecular complexity index is 380. The molecule has 0 amide bonds. The second kappa shape index (κ2) is 5.29. The lowest BCUT2D eigenvalue weighted by Crippen LogP contribution is -2.38.